The highest BCUT2D eigenvalue weighted by Gasteiger charge is 2.51. The van der Waals surface area contributed by atoms with E-state index in [-0.39, 0.29) is 5.04 Å². The van der Waals surface area contributed by atoms with Gasteiger partial charge >= 0.3 is 8.56 Å². The molecule has 0 heterocycles. The summed E-state index contributed by atoms with van der Waals surface area (Å²) in [5.41, 5.74) is 0. The smallest absolute Gasteiger partial charge is 0.343 e. The van der Waals surface area contributed by atoms with E-state index in [0.717, 1.165) is 6.04 Å². The summed E-state index contributed by atoms with van der Waals surface area (Å²) in [4.78, 5) is 0. The molecule has 0 rings (SSSR count). The summed E-state index contributed by atoms with van der Waals surface area (Å²) in [6.45, 7) is 11.5. The van der Waals surface area contributed by atoms with E-state index in [9.17, 15) is 0 Å². The summed E-state index contributed by atoms with van der Waals surface area (Å²) in [6.07, 6.45) is 16.7. The molecule has 0 N–H and O–H groups in total. The lowest BCUT2D eigenvalue weighted by atomic mass is 9.99. The molecular weight excluding hydrogens is 324 g/mol. The Kier molecular flexibility index (Phi) is 14.3. The van der Waals surface area contributed by atoms with Gasteiger partial charge in [-0.05, 0) is 12.0 Å². The van der Waals surface area contributed by atoms with Gasteiger partial charge in [0.05, 0.1) is 0 Å². The molecule has 25 heavy (non-hydrogen) atoms. The van der Waals surface area contributed by atoms with Crippen molar-refractivity contribution in [2.45, 2.75) is 123 Å². The molecule has 0 amide bonds. The van der Waals surface area contributed by atoms with E-state index in [1.807, 2.05) is 14.2 Å². The number of hydrogen-bond acceptors (Lipinski definition) is 2. The van der Waals surface area contributed by atoms with Crippen molar-refractivity contribution in [3.63, 3.8) is 0 Å². The normalized spacial score (nSPS) is 13.0. The van der Waals surface area contributed by atoms with E-state index in [1.165, 1.54) is 77.0 Å². The van der Waals surface area contributed by atoms with Crippen LogP contribution in [0.5, 0.6) is 0 Å². The van der Waals surface area contributed by atoms with Crippen LogP contribution in [-0.2, 0) is 8.85 Å². The van der Waals surface area contributed by atoms with Crippen LogP contribution in [0.2, 0.25) is 11.1 Å². The Bertz CT molecular complexity index is 298. The zero-order valence-corrected chi connectivity index (χ0v) is 19.6. The fourth-order valence-electron chi connectivity index (χ4n) is 3.77. The molecular formula is C22H48O2Si. The minimum atomic E-state index is -2.13. The van der Waals surface area contributed by atoms with E-state index in [1.54, 1.807) is 0 Å². The third-order valence-electron chi connectivity index (χ3n) is 6.44. The second-order valence-electron chi connectivity index (χ2n) is 8.68. The third-order valence-corrected chi connectivity index (χ3v) is 11.3. The van der Waals surface area contributed by atoms with Crippen LogP contribution in [0.15, 0.2) is 0 Å². The highest BCUT2D eigenvalue weighted by Crippen LogP contribution is 2.47. The number of unbranched alkanes of at least 4 members (excludes halogenated alkanes) is 11. The maximum atomic E-state index is 6.03. The Balaban J connectivity index is 3.84. The lowest BCUT2D eigenvalue weighted by Gasteiger charge is -2.44. The molecule has 0 saturated carbocycles. The van der Waals surface area contributed by atoms with Crippen molar-refractivity contribution in [3.8, 4) is 0 Å². The molecule has 0 atom stereocenters. The summed E-state index contributed by atoms with van der Waals surface area (Å²) in [5.74, 6) is 0.580. The highest BCUT2D eigenvalue weighted by molar-refractivity contribution is 6.70. The monoisotopic (exact) mass is 372 g/mol. The Labute approximate surface area is 160 Å². The first-order valence-electron chi connectivity index (χ1n) is 11.0. The van der Waals surface area contributed by atoms with E-state index in [2.05, 4.69) is 34.6 Å². The van der Waals surface area contributed by atoms with Crippen LogP contribution in [0.4, 0.5) is 0 Å². The molecule has 0 aromatic carbocycles. The first-order chi connectivity index (χ1) is 11.9. The van der Waals surface area contributed by atoms with Gasteiger partial charge in [0.1, 0.15) is 0 Å². The van der Waals surface area contributed by atoms with Gasteiger partial charge in [-0.25, -0.2) is 0 Å². The molecule has 0 aromatic rings. The fraction of sp³-hybridized carbons (Fsp3) is 1.00. The van der Waals surface area contributed by atoms with Crippen molar-refractivity contribution < 1.29 is 8.85 Å². The maximum Gasteiger partial charge on any atom is 0.343 e. The second kappa shape index (κ2) is 14.2. The van der Waals surface area contributed by atoms with Crippen molar-refractivity contribution in [3.05, 3.63) is 0 Å². The van der Waals surface area contributed by atoms with Gasteiger partial charge in [-0.1, -0.05) is 112 Å². The van der Waals surface area contributed by atoms with E-state index in [4.69, 9.17) is 8.85 Å². The van der Waals surface area contributed by atoms with Crippen LogP contribution in [0.25, 0.3) is 0 Å². The largest absolute Gasteiger partial charge is 0.397 e. The molecule has 0 aliphatic rings. The Morgan fingerprint density at radius 2 is 1.04 bits per heavy atom. The van der Waals surface area contributed by atoms with Crippen molar-refractivity contribution in [1.82, 2.24) is 0 Å². The highest BCUT2D eigenvalue weighted by atomic mass is 28.4. The van der Waals surface area contributed by atoms with Gasteiger partial charge in [0.2, 0.25) is 0 Å². The maximum absolute atomic E-state index is 6.03. The van der Waals surface area contributed by atoms with Crippen LogP contribution >= 0.6 is 0 Å². The SMILES string of the molecule is CCCCCCCCCCCCCC[Si](OC)(OC)C(C)(C)C(C)C. The molecule has 3 heteroatoms. The Hall–Kier alpha value is 0.137. The van der Waals surface area contributed by atoms with Crippen molar-refractivity contribution in [1.29, 1.82) is 0 Å². The predicted octanol–water partition coefficient (Wildman–Crippen LogP) is 7.86. The molecule has 0 unspecified atom stereocenters. The number of rotatable bonds is 17. The van der Waals surface area contributed by atoms with Crippen LogP contribution in [0.1, 0.15) is 112 Å². The van der Waals surface area contributed by atoms with E-state index in [0.29, 0.717) is 5.92 Å². The summed E-state index contributed by atoms with van der Waals surface area (Å²) in [6, 6.07) is 1.13. The zero-order chi connectivity index (χ0) is 19.2. The lowest BCUT2D eigenvalue weighted by Crippen LogP contribution is -2.52. The van der Waals surface area contributed by atoms with Crippen molar-refractivity contribution in [2.75, 3.05) is 14.2 Å². The van der Waals surface area contributed by atoms with Gasteiger partial charge in [0.25, 0.3) is 0 Å². The summed E-state index contributed by atoms with van der Waals surface area (Å²) in [7, 11) is 1.59. The van der Waals surface area contributed by atoms with Crippen molar-refractivity contribution in [2.24, 2.45) is 5.92 Å². The predicted molar refractivity (Wildman–Crippen MR) is 115 cm³/mol. The summed E-state index contributed by atoms with van der Waals surface area (Å²) >= 11 is 0. The lowest BCUT2D eigenvalue weighted by molar-refractivity contribution is 0.190. The molecule has 0 fully saturated rings. The average molecular weight is 373 g/mol. The molecule has 0 aliphatic carbocycles. The Morgan fingerprint density at radius 3 is 1.36 bits per heavy atom. The van der Waals surface area contributed by atoms with E-state index < -0.39 is 8.56 Å². The Morgan fingerprint density at radius 1 is 0.680 bits per heavy atom. The molecule has 0 radical (unpaired) electrons. The molecule has 0 bridgehead atoms. The van der Waals surface area contributed by atoms with Gasteiger partial charge in [0, 0.05) is 19.3 Å². The first kappa shape index (κ1) is 25.1. The van der Waals surface area contributed by atoms with Crippen LogP contribution < -0.4 is 0 Å². The topological polar surface area (TPSA) is 18.5 Å². The average Bonchev–Trinajstić information content (AvgIpc) is 2.59. The first-order valence-corrected chi connectivity index (χ1v) is 13.0. The minimum absolute atomic E-state index is 0.147. The summed E-state index contributed by atoms with van der Waals surface area (Å²) < 4.78 is 12.1. The molecule has 2 nitrogen and oxygen atoms in total. The standard InChI is InChI=1S/C22H48O2Si/c1-8-9-10-11-12-13-14-15-16-17-18-19-20-25(23-6,24-7)22(4,5)21(2)3/h21H,8-20H2,1-7H3. The molecule has 152 valence electrons. The van der Waals surface area contributed by atoms with Gasteiger partial charge < -0.3 is 8.85 Å². The van der Waals surface area contributed by atoms with Crippen LogP contribution in [0, 0.1) is 5.92 Å². The van der Waals surface area contributed by atoms with Gasteiger partial charge in [0.15, 0.2) is 0 Å². The summed E-state index contributed by atoms with van der Waals surface area (Å²) in [5, 5.41) is 0.147. The molecule has 0 saturated heterocycles. The van der Waals surface area contributed by atoms with Gasteiger partial charge in [-0.2, -0.15) is 0 Å². The van der Waals surface area contributed by atoms with Gasteiger partial charge in [-0.15, -0.1) is 0 Å². The minimum Gasteiger partial charge on any atom is -0.397 e. The van der Waals surface area contributed by atoms with E-state index >= 15 is 0 Å². The fourth-order valence-corrected chi connectivity index (χ4v) is 7.64. The molecule has 0 spiro atoms. The third kappa shape index (κ3) is 9.06. The zero-order valence-electron chi connectivity index (χ0n) is 18.6. The van der Waals surface area contributed by atoms with Crippen molar-refractivity contribution >= 4 is 8.56 Å². The number of hydrogen-bond donors (Lipinski definition) is 0. The molecule has 0 aliphatic heterocycles. The second-order valence-corrected chi connectivity index (χ2v) is 12.8. The van der Waals surface area contributed by atoms with Crippen LogP contribution in [0.3, 0.4) is 0 Å². The van der Waals surface area contributed by atoms with Crippen LogP contribution in [-0.4, -0.2) is 22.8 Å². The van der Waals surface area contributed by atoms with Gasteiger partial charge in [-0.3, -0.25) is 0 Å². The quantitative estimate of drug-likeness (QED) is 0.191. The molecule has 0 aromatic heterocycles.